The average Bonchev–Trinajstić information content (AvgIpc) is 2.51. The number of urea groups is 1. The van der Waals surface area contributed by atoms with Gasteiger partial charge in [-0.05, 0) is 18.9 Å². The van der Waals surface area contributed by atoms with Crippen molar-refractivity contribution in [1.82, 2.24) is 9.80 Å². The van der Waals surface area contributed by atoms with Gasteiger partial charge in [-0.1, -0.05) is 42.0 Å². The third kappa shape index (κ3) is 4.62. The second-order valence-electron chi connectivity index (χ2n) is 5.54. The van der Waals surface area contributed by atoms with Crippen LogP contribution in [-0.4, -0.2) is 46.5 Å². The molecular weight excluding hydrogens is 280 g/mol. The van der Waals surface area contributed by atoms with Crippen LogP contribution in [-0.2, 0) is 11.3 Å². The number of carboxylic acids is 1. The number of carbonyl (C=O) groups excluding carboxylic acids is 1. The minimum Gasteiger partial charge on any atom is -0.481 e. The smallest absolute Gasteiger partial charge is 0.320 e. The Labute approximate surface area is 130 Å². The fourth-order valence-corrected chi connectivity index (χ4v) is 2.52. The van der Waals surface area contributed by atoms with Crippen LogP contribution in [0.3, 0.4) is 0 Å². The van der Waals surface area contributed by atoms with E-state index in [4.69, 9.17) is 5.11 Å². The van der Waals surface area contributed by atoms with Crippen LogP contribution in [0, 0.1) is 6.92 Å². The molecule has 118 valence electrons. The summed E-state index contributed by atoms with van der Waals surface area (Å²) in [4.78, 5) is 26.9. The third-order valence-electron chi connectivity index (χ3n) is 3.65. The van der Waals surface area contributed by atoms with Crippen molar-refractivity contribution in [3.8, 4) is 0 Å². The molecule has 1 aromatic rings. The molecule has 0 aromatic heterocycles. The average molecular weight is 302 g/mol. The number of hydrogen-bond acceptors (Lipinski definition) is 2. The molecule has 0 aliphatic carbocycles. The number of carbonyl (C=O) groups is 2. The Hall–Kier alpha value is -2.30. The van der Waals surface area contributed by atoms with E-state index in [9.17, 15) is 9.59 Å². The first-order valence-corrected chi connectivity index (χ1v) is 7.52. The molecule has 0 bridgehead atoms. The maximum Gasteiger partial charge on any atom is 0.320 e. The Morgan fingerprint density at radius 2 is 2.14 bits per heavy atom. The maximum absolute atomic E-state index is 12.6. The maximum atomic E-state index is 12.6. The molecule has 0 unspecified atom stereocenters. The summed E-state index contributed by atoms with van der Waals surface area (Å²) in [7, 11) is 0. The number of aryl methyl sites for hydroxylation is 1. The van der Waals surface area contributed by atoms with E-state index in [0.29, 0.717) is 19.6 Å². The van der Waals surface area contributed by atoms with Crippen molar-refractivity contribution in [2.45, 2.75) is 26.3 Å². The van der Waals surface area contributed by atoms with Crippen LogP contribution < -0.4 is 0 Å². The van der Waals surface area contributed by atoms with Gasteiger partial charge in [0.05, 0.1) is 6.42 Å². The van der Waals surface area contributed by atoms with Gasteiger partial charge in [-0.15, -0.1) is 0 Å². The normalized spacial score (nSPS) is 14.0. The van der Waals surface area contributed by atoms with Crippen molar-refractivity contribution in [3.05, 3.63) is 47.5 Å². The lowest BCUT2D eigenvalue weighted by atomic mass is 10.1. The summed E-state index contributed by atoms with van der Waals surface area (Å²) in [6.07, 6.45) is 4.85. The molecule has 0 radical (unpaired) electrons. The molecule has 0 atom stereocenters. The van der Waals surface area contributed by atoms with Gasteiger partial charge in [0.2, 0.25) is 0 Å². The van der Waals surface area contributed by atoms with Crippen LogP contribution in [0.1, 0.15) is 24.0 Å². The highest BCUT2D eigenvalue weighted by atomic mass is 16.4. The molecule has 0 spiro atoms. The van der Waals surface area contributed by atoms with Gasteiger partial charge in [0.1, 0.15) is 0 Å². The summed E-state index contributed by atoms with van der Waals surface area (Å²) >= 11 is 0. The Bertz CT molecular complexity index is 569. The summed E-state index contributed by atoms with van der Waals surface area (Å²) in [6, 6.07) is 7.85. The van der Waals surface area contributed by atoms with E-state index in [-0.39, 0.29) is 19.0 Å². The molecule has 0 fully saturated rings. The van der Waals surface area contributed by atoms with E-state index in [2.05, 4.69) is 6.08 Å². The van der Waals surface area contributed by atoms with Gasteiger partial charge in [-0.25, -0.2) is 4.79 Å². The molecule has 2 rings (SSSR count). The largest absolute Gasteiger partial charge is 0.481 e. The molecule has 1 aromatic carbocycles. The number of aliphatic carboxylic acids is 1. The number of nitrogens with zero attached hydrogens (tertiary/aromatic N) is 2. The molecular formula is C17H22N2O3. The quantitative estimate of drug-likeness (QED) is 0.851. The molecule has 1 aliphatic rings. The highest BCUT2D eigenvalue weighted by molar-refractivity contribution is 5.76. The van der Waals surface area contributed by atoms with Crippen molar-refractivity contribution in [3.63, 3.8) is 0 Å². The lowest BCUT2D eigenvalue weighted by Gasteiger charge is -2.31. The van der Waals surface area contributed by atoms with E-state index in [1.807, 2.05) is 37.3 Å². The van der Waals surface area contributed by atoms with Crippen molar-refractivity contribution in [2.75, 3.05) is 19.6 Å². The first-order chi connectivity index (χ1) is 10.6. The van der Waals surface area contributed by atoms with Crippen molar-refractivity contribution < 1.29 is 14.7 Å². The van der Waals surface area contributed by atoms with Gasteiger partial charge in [0.15, 0.2) is 0 Å². The monoisotopic (exact) mass is 302 g/mol. The second kappa shape index (κ2) is 7.64. The van der Waals surface area contributed by atoms with Gasteiger partial charge in [0, 0.05) is 26.2 Å². The number of benzene rings is 1. The van der Waals surface area contributed by atoms with Gasteiger partial charge < -0.3 is 14.9 Å². The van der Waals surface area contributed by atoms with Crippen LogP contribution in [0.5, 0.6) is 0 Å². The van der Waals surface area contributed by atoms with Crippen LogP contribution in [0.25, 0.3) is 0 Å². The van der Waals surface area contributed by atoms with Gasteiger partial charge in [0.25, 0.3) is 0 Å². The first kappa shape index (κ1) is 16.1. The fraction of sp³-hybridized carbons (Fsp3) is 0.412. The predicted molar refractivity (Wildman–Crippen MR) is 84.6 cm³/mol. The fourth-order valence-electron chi connectivity index (χ4n) is 2.52. The molecule has 1 heterocycles. The van der Waals surface area contributed by atoms with E-state index in [1.54, 1.807) is 9.80 Å². The lowest BCUT2D eigenvalue weighted by molar-refractivity contribution is -0.137. The molecule has 0 saturated heterocycles. The van der Waals surface area contributed by atoms with Gasteiger partial charge in [-0.2, -0.15) is 0 Å². The summed E-state index contributed by atoms with van der Waals surface area (Å²) in [5.41, 5.74) is 2.15. The Morgan fingerprint density at radius 1 is 1.32 bits per heavy atom. The van der Waals surface area contributed by atoms with Crippen LogP contribution >= 0.6 is 0 Å². The molecule has 1 N–H and O–H groups in total. The lowest BCUT2D eigenvalue weighted by Crippen LogP contribution is -2.45. The number of rotatable bonds is 5. The first-order valence-electron chi connectivity index (χ1n) is 7.52. The highest BCUT2D eigenvalue weighted by Gasteiger charge is 2.21. The van der Waals surface area contributed by atoms with E-state index >= 15 is 0 Å². The third-order valence-corrected chi connectivity index (χ3v) is 3.65. The summed E-state index contributed by atoms with van der Waals surface area (Å²) in [6.45, 7) is 3.95. The zero-order valence-corrected chi connectivity index (χ0v) is 12.9. The Kier molecular flexibility index (Phi) is 5.58. The van der Waals surface area contributed by atoms with Gasteiger partial charge in [-0.3, -0.25) is 4.79 Å². The SMILES string of the molecule is Cc1cccc(CN(CCC(=O)O)C(=O)N2CC=CCC2)c1. The molecule has 0 saturated carbocycles. The number of amides is 2. The van der Waals surface area contributed by atoms with Crippen LogP contribution in [0.15, 0.2) is 36.4 Å². The minimum atomic E-state index is -0.888. The van der Waals surface area contributed by atoms with E-state index in [1.165, 1.54) is 0 Å². The number of carboxylic acid groups (broad SMARTS) is 1. The second-order valence-corrected chi connectivity index (χ2v) is 5.54. The van der Waals surface area contributed by atoms with E-state index < -0.39 is 5.97 Å². The van der Waals surface area contributed by atoms with E-state index in [0.717, 1.165) is 17.5 Å². The van der Waals surface area contributed by atoms with Crippen molar-refractivity contribution in [2.24, 2.45) is 0 Å². The molecule has 22 heavy (non-hydrogen) atoms. The zero-order chi connectivity index (χ0) is 15.9. The van der Waals surface area contributed by atoms with Crippen molar-refractivity contribution in [1.29, 1.82) is 0 Å². The standard InChI is InChI=1S/C17H22N2O3/c1-14-6-5-7-15(12-14)13-19(11-8-16(20)21)17(22)18-9-3-2-4-10-18/h2-3,5-7,12H,4,8-11,13H2,1H3,(H,20,21). The van der Waals surface area contributed by atoms with Gasteiger partial charge >= 0.3 is 12.0 Å². The number of hydrogen-bond donors (Lipinski definition) is 1. The van der Waals surface area contributed by atoms with Crippen molar-refractivity contribution >= 4 is 12.0 Å². The predicted octanol–water partition coefficient (Wildman–Crippen LogP) is 2.65. The topological polar surface area (TPSA) is 60.9 Å². The summed E-state index contributed by atoms with van der Waals surface area (Å²) in [5, 5.41) is 8.90. The Morgan fingerprint density at radius 3 is 2.77 bits per heavy atom. The summed E-state index contributed by atoms with van der Waals surface area (Å²) in [5.74, 6) is -0.888. The molecule has 1 aliphatic heterocycles. The molecule has 2 amide bonds. The molecule has 5 heteroatoms. The van der Waals surface area contributed by atoms with Crippen LogP contribution in [0.4, 0.5) is 4.79 Å². The zero-order valence-electron chi connectivity index (χ0n) is 12.9. The molecule has 5 nitrogen and oxygen atoms in total. The Balaban J connectivity index is 2.09. The van der Waals surface area contributed by atoms with Crippen LogP contribution in [0.2, 0.25) is 0 Å². The summed E-state index contributed by atoms with van der Waals surface area (Å²) < 4.78 is 0. The minimum absolute atomic E-state index is 0.0404. The highest BCUT2D eigenvalue weighted by Crippen LogP contribution is 2.12.